The summed E-state index contributed by atoms with van der Waals surface area (Å²) >= 11 is 4.85. The van der Waals surface area contributed by atoms with E-state index in [0.717, 1.165) is 30.4 Å². The predicted octanol–water partition coefficient (Wildman–Crippen LogP) is 3.99. The Morgan fingerprint density at radius 3 is 2.64 bits per heavy atom. The Bertz CT molecular complexity index is 1010. The molecule has 0 fully saturated rings. The maximum atomic E-state index is 13.1. The summed E-state index contributed by atoms with van der Waals surface area (Å²) in [6, 6.07) is 3.89. The van der Waals surface area contributed by atoms with Crippen molar-refractivity contribution in [1.82, 2.24) is 19.2 Å². The molecule has 3 aromatic heterocycles. The number of hydrogen-bond acceptors (Lipinski definition) is 4. The molecule has 0 amide bonds. The van der Waals surface area contributed by atoms with Gasteiger partial charge in [0.25, 0.3) is 5.56 Å². The molecule has 0 aromatic carbocycles. The van der Waals surface area contributed by atoms with Gasteiger partial charge < -0.3 is 0 Å². The summed E-state index contributed by atoms with van der Waals surface area (Å²) in [7, 11) is 1.18. The van der Waals surface area contributed by atoms with Crippen LogP contribution in [0.15, 0.2) is 38.6 Å². The average Bonchev–Trinajstić information content (AvgIpc) is 2.85. The van der Waals surface area contributed by atoms with Gasteiger partial charge in [-0.15, -0.1) is 11.8 Å². The summed E-state index contributed by atoms with van der Waals surface area (Å²) in [4.78, 5) is 21.7. The molecule has 5 nitrogen and oxygen atoms in total. The molecular formula is C15H12BrF3N4OS. The minimum absolute atomic E-state index is 0.0745. The lowest BCUT2D eigenvalue weighted by atomic mass is 10.2. The Hall–Kier alpha value is -1.81. The molecule has 0 spiro atoms. The third-order valence-electron chi connectivity index (χ3n) is 3.49. The van der Waals surface area contributed by atoms with E-state index in [1.54, 1.807) is 6.20 Å². The molecule has 0 aliphatic carbocycles. The molecule has 0 aliphatic heterocycles. The van der Waals surface area contributed by atoms with Gasteiger partial charge in [-0.05, 0) is 27.7 Å². The molecule has 0 radical (unpaired) electrons. The summed E-state index contributed by atoms with van der Waals surface area (Å²) in [5, 5.41) is 0. The van der Waals surface area contributed by atoms with Crippen molar-refractivity contribution in [2.75, 3.05) is 5.75 Å². The molecule has 3 heterocycles. The molecule has 0 N–H and O–H groups in total. The number of aromatic nitrogens is 4. The van der Waals surface area contributed by atoms with E-state index in [1.807, 2.05) is 13.0 Å². The van der Waals surface area contributed by atoms with Crippen molar-refractivity contribution in [3.05, 3.63) is 44.9 Å². The van der Waals surface area contributed by atoms with Crippen LogP contribution in [-0.2, 0) is 13.2 Å². The van der Waals surface area contributed by atoms with Crippen molar-refractivity contribution in [2.45, 2.75) is 18.0 Å². The maximum Gasteiger partial charge on any atom is 0.433 e. The summed E-state index contributed by atoms with van der Waals surface area (Å²) in [5.74, 6) is 0.774. The number of hydrogen-bond donors (Lipinski definition) is 0. The number of halogens is 4. The first-order valence-electron chi connectivity index (χ1n) is 7.18. The zero-order valence-corrected chi connectivity index (χ0v) is 15.5. The zero-order valence-electron chi connectivity index (χ0n) is 13.1. The van der Waals surface area contributed by atoms with Gasteiger partial charge in [0, 0.05) is 34.7 Å². The third-order valence-corrected chi connectivity index (χ3v) is 4.83. The number of rotatable bonds is 3. The van der Waals surface area contributed by atoms with E-state index >= 15 is 0 Å². The van der Waals surface area contributed by atoms with E-state index in [-0.39, 0.29) is 11.3 Å². The Morgan fingerprint density at radius 2 is 2.00 bits per heavy atom. The Kier molecular flexibility index (Phi) is 4.67. The predicted molar refractivity (Wildman–Crippen MR) is 92.8 cm³/mol. The second-order valence-electron chi connectivity index (χ2n) is 5.13. The second-order valence-corrected chi connectivity index (χ2v) is 7.36. The Balaban J connectivity index is 2.25. The van der Waals surface area contributed by atoms with Gasteiger partial charge in [-0.1, -0.05) is 6.92 Å². The minimum atomic E-state index is -4.58. The van der Waals surface area contributed by atoms with Crippen LogP contribution in [0.4, 0.5) is 13.2 Å². The highest BCUT2D eigenvalue weighted by atomic mass is 79.9. The molecule has 3 aromatic rings. The van der Waals surface area contributed by atoms with Crippen LogP contribution in [0.2, 0.25) is 0 Å². The van der Waals surface area contributed by atoms with Gasteiger partial charge in [0.05, 0.1) is 5.69 Å². The molecule has 0 aliphatic rings. The number of nitrogens with zero attached hydrogens (tertiary/aromatic N) is 4. The number of aryl methyl sites for hydroxylation is 1. The van der Waals surface area contributed by atoms with Crippen LogP contribution in [0.5, 0.6) is 0 Å². The van der Waals surface area contributed by atoms with Crippen molar-refractivity contribution >= 4 is 33.3 Å². The lowest BCUT2D eigenvalue weighted by Crippen LogP contribution is -2.22. The first kappa shape index (κ1) is 18.0. The molecule has 25 heavy (non-hydrogen) atoms. The maximum absolute atomic E-state index is 13.1. The highest BCUT2D eigenvalue weighted by molar-refractivity contribution is 9.10. The van der Waals surface area contributed by atoms with E-state index < -0.39 is 17.4 Å². The number of fused-ring (bicyclic) bond motifs is 1. The highest BCUT2D eigenvalue weighted by Gasteiger charge is 2.35. The van der Waals surface area contributed by atoms with Crippen LogP contribution < -0.4 is 5.56 Å². The van der Waals surface area contributed by atoms with Crippen LogP contribution >= 0.6 is 27.7 Å². The summed E-state index contributed by atoms with van der Waals surface area (Å²) in [6.45, 7) is 1.97. The third kappa shape index (κ3) is 3.32. The molecule has 0 unspecified atom stereocenters. The molecule has 0 saturated carbocycles. The molecule has 0 atom stereocenters. The fraction of sp³-hybridized carbons (Fsp3) is 0.267. The van der Waals surface area contributed by atoms with Crippen molar-refractivity contribution in [3.8, 4) is 11.4 Å². The highest BCUT2D eigenvalue weighted by Crippen LogP contribution is 2.32. The van der Waals surface area contributed by atoms with Crippen LogP contribution in [-0.4, -0.2) is 24.9 Å². The fourth-order valence-electron chi connectivity index (χ4n) is 2.48. The average molecular weight is 433 g/mol. The lowest BCUT2D eigenvalue weighted by molar-refractivity contribution is -0.143. The van der Waals surface area contributed by atoms with Crippen molar-refractivity contribution in [3.63, 3.8) is 0 Å². The number of thioether (sulfide) groups is 1. The monoisotopic (exact) mass is 432 g/mol. The van der Waals surface area contributed by atoms with Crippen molar-refractivity contribution in [2.24, 2.45) is 7.05 Å². The molecule has 0 bridgehead atoms. The molecule has 132 valence electrons. The van der Waals surface area contributed by atoms with Gasteiger partial charge in [0.15, 0.2) is 5.65 Å². The van der Waals surface area contributed by atoms with Crippen molar-refractivity contribution < 1.29 is 13.2 Å². The van der Waals surface area contributed by atoms with E-state index in [0.29, 0.717) is 5.69 Å². The smallest absolute Gasteiger partial charge is 0.275 e. The molecule has 10 heteroatoms. The standard InChI is InChI=1S/C15H12BrF3N4OS/c1-3-25-10-4-8(16)7-20-14(10)9-5-13(24)23-12(21-9)6-11(22(23)2)15(17,18)19/h4-7H,3H2,1-2H3. The summed E-state index contributed by atoms with van der Waals surface area (Å²) in [6.07, 6.45) is -3.02. The zero-order chi connectivity index (χ0) is 18.4. The number of alkyl halides is 3. The minimum Gasteiger partial charge on any atom is -0.275 e. The van der Waals surface area contributed by atoms with E-state index in [2.05, 4.69) is 25.9 Å². The van der Waals surface area contributed by atoms with Gasteiger partial charge in [-0.2, -0.15) is 17.7 Å². The van der Waals surface area contributed by atoms with Gasteiger partial charge >= 0.3 is 6.18 Å². The molecular weight excluding hydrogens is 421 g/mol. The second kappa shape index (κ2) is 6.49. The Labute approximate surface area is 153 Å². The number of pyridine rings is 1. The van der Waals surface area contributed by atoms with Crippen molar-refractivity contribution in [1.29, 1.82) is 0 Å². The first-order chi connectivity index (χ1) is 11.7. The van der Waals surface area contributed by atoms with E-state index in [9.17, 15) is 18.0 Å². The quantitative estimate of drug-likeness (QED) is 0.587. The largest absolute Gasteiger partial charge is 0.433 e. The van der Waals surface area contributed by atoms with Crippen LogP contribution in [0.25, 0.3) is 17.0 Å². The van der Waals surface area contributed by atoms with Gasteiger partial charge in [0.2, 0.25) is 0 Å². The summed E-state index contributed by atoms with van der Waals surface area (Å²) in [5.41, 5.74) is -0.911. The Morgan fingerprint density at radius 1 is 1.28 bits per heavy atom. The summed E-state index contributed by atoms with van der Waals surface area (Å²) < 4.78 is 41.6. The normalized spacial score (nSPS) is 12.1. The van der Waals surface area contributed by atoms with Crippen LogP contribution in [0.3, 0.4) is 0 Å². The van der Waals surface area contributed by atoms with Gasteiger partial charge in [0.1, 0.15) is 11.4 Å². The van der Waals surface area contributed by atoms with Gasteiger partial charge in [-0.25, -0.2) is 4.98 Å². The van der Waals surface area contributed by atoms with Gasteiger partial charge in [-0.3, -0.25) is 14.5 Å². The fourth-order valence-corrected chi connectivity index (χ4v) is 3.78. The van der Waals surface area contributed by atoms with E-state index in [1.165, 1.54) is 24.9 Å². The lowest BCUT2D eigenvalue weighted by Gasteiger charge is -2.09. The molecule has 3 rings (SSSR count). The molecule has 0 saturated heterocycles. The SMILES string of the molecule is CCSc1cc(Br)cnc1-c1cc(=O)n2c(cc(C(F)(F)F)n2C)n1. The topological polar surface area (TPSA) is 52.2 Å². The van der Waals surface area contributed by atoms with E-state index in [4.69, 9.17) is 0 Å². The first-order valence-corrected chi connectivity index (χ1v) is 8.96. The van der Waals surface area contributed by atoms with Crippen LogP contribution in [0, 0.1) is 0 Å². The van der Waals surface area contributed by atoms with Crippen LogP contribution in [0.1, 0.15) is 12.6 Å².